The summed E-state index contributed by atoms with van der Waals surface area (Å²) in [5, 5.41) is -0.227. The fourth-order valence-electron chi connectivity index (χ4n) is 2.70. The lowest BCUT2D eigenvalue weighted by molar-refractivity contribution is -0.153. The number of carbonyl (C=O) groups excluding carboxylic acids is 2. The molecule has 2 rings (SSSR count). The third kappa shape index (κ3) is 3.71. The summed E-state index contributed by atoms with van der Waals surface area (Å²) in [5.74, 6) is -0.972. The summed E-state index contributed by atoms with van der Waals surface area (Å²) in [7, 11) is 0. The van der Waals surface area contributed by atoms with Crippen molar-refractivity contribution in [3.05, 3.63) is 28.8 Å². The molecule has 1 atom stereocenters. The van der Waals surface area contributed by atoms with Gasteiger partial charge < -0.3 is 4.74 Å². The maximum absolute atomic E-state index is 12.5. The van der Waals surface area contributed by atoms with Crippen LogP contribution in [0.1, 0.15) is 36.5 Å². The molecule has 7 heteroatoms. The molecule has 0 aromatic heterocycles. The van der Waals surface area contributed by atoms with E-state index in [0.29, 0.717) is 16.7 Å². The monoisotopic (exact) mass is 346 g/mol. The summed E-state index contributed by atoms with van der Waals surface area (Å²) in [6.45, 7) is 5.35. The van der Waals surface area contributed by atoms with E-state index in [1.165, 1.54) is 12.1 Å². The summed E-state index contributed by atoms with van der Waals surface area (Å²) in [5.41, 5.74) is 1.72. The Balaban J connectivity index is 2.35. The Morgan fingerprint density at radius 1 is 1.17 bits per heavy atom. The van der Waals surface area contributed by atoms with Crippen molar-refractivity contribution >= 4 is 22.7 Å². The van der Waals surface area contributed by atoms with Crippen LogP contribution in [0.15, 0.2) is 12.1 Å². The van der Waals surface area contributed by atoms with Crippen LogP contribution < -0.4 is 4.74 Å². The zero-order valence-electron chi connectivity index (χ0n) is 13.2. The highest BCUT2D eigenvalue weighted by Crippen LogP contribution is 2.45. The first kappa shape index (κ1) is 17.8. The van der Waals surface area contributed by atoms with Gasteiger partial charge >= 0.3 is 6.18 Å². The zero-order chi connectivity index (χ0) is 17.6. The van der Waals surface area contributed by atoms with Crippen molar-refractivity contribution in [1.29, 1.82) is 0 Å². The van der Waals surface area contributed by atoms with Gasteiger partial charge in [-0.15, -0.1) is 0 Å². The lowest BCUT2D eigenvalue weighted by atomic mass is 9.85. The number of Topliss-reactive ketones (excluding diaryl/α,β-unsaturated/α-hetero) is 1. The van der Waals surface area contributed by atoms with Crippen LogP contribution >= 0.6 is 11.8 Å². The number of ether oxygens (including phenoxy) is 1. The fraction of sp³-hybridized carbons (Fsp3) is 0.500. The smallest absolute Gasteiger partial charge is 0.422 e. The Bertz CT molecular complexity index is 642. The van der Waals surface area contributed by atoms with Crippen LogP contribution in [-0.4, -0.2) is 28.4 Å². The SMILES string of the molecule is Cc1cc(OCC(F)(F)F)cc(C)c1C1C(=O)SC(C)(C)C1=O. The normalized spacial score (nSPS) is 20.9. The summed E-state index contributed by atoms with van der Waals surface area (Å²) < 4.78 is 40.7. The number of hydrogen-bond acceptors (Lipinski definition) is 4. The topological polar surface area (TPSA) is 43.4 Å². The van der Waals surface area contributed by atoms with Crippen LogP contribution in [0.2, 0.25) is 0 Å². The number of ketones is 1. The maximum Gasteiger partial charge on any atom is 0.422 e. The maximum atomic E-state index is 12.5. The van der Waals surface area contributed by atoms with Crippen molar-refractivity contribution in [3.63, 3.8) is 0 Å². The van der Waals surface area contributed by atoms with E-state index in [-0.39, 0.29) is 16.6 Å². The first-order valence-electron chi connectivity index (χ1n) is 7.00. The highest BCUT2D eigenvalue weighted by molar-refractivity contribution is 8.16. The quantitative estimate of drug-likeness (QED) is 0.778. The van der Waals surface area contributed by atoms with Crippen molar-refractivity contribution in [2.75, 3.05) is 6.61 Å². The summed E-state index contributed by atoms with van der Waals surface area (Å²) >= 11 is 1.00. The standard InChI is InChI=1S/C16H17F3O3S/c1-8-5-10(22-7-16(17,18)19)6-9(2)11(8)12-13(20)15(3,4)23-14(12)21/h5-6,12H,7H2,1-4H3. The fourth-order valence-corrected chi connectivity index (χ4v) is 3.77. The van der Waals surface area contributed by atoms with E-state index in [1.54, 1.807) is 27.7 Å². The Labute approximate surface area is 136 Å². The third-order valence-electron chi connectivity index (χ3n) is 3.71. The van der Waals surface area contributed by atoms with E-state index in [2.05, 4.69) is 0 Å². The van der Waals surface area contributed by atoms with Gasteiger partial charge in [0.05, 0.1) is 4.75 Å². The van der Waals surface area contributed by atoms with Gasteiger partial charge in [-0.1, -0.05) is 11.8 Å². The largest absolute Gasteiger partial charge is 0.484 e. The van der Waals surface area contributed by atoms with Gasteiger partial charge in [0.15, 0.2) is 12.4 Å². The van der Waals surface area contributed by atoms with Gasteiger partial charge in [0.25, 0.3) is 0 Å². The second-order valence-corrected chi connectivity index (χ2v) is 7.73. The number of hydrogen-bond donors (Lipinski definition) is 0. The number of thioether (sulfide) groups is 1. The van der Waals surface area contributed by atoms with Gasteiger partial charge in [-0.25, -0.2) is 0 Å². The first-order valence-corrected chi connectivity index (χ1v) is 7.82. The molecular weight excluding hydrogens is 329 g/mol. The molecule has 1 aromatic rings. The van der Waals surface area contributed by atoms with Crippen LogP contribution in [0.5, 0.6) is 5.75 Å². The number of carbonyl (C=O) groups is 2. The average molecular weight is 346 g/mol. The van der Waals surface area contributed by atoms with Crippen LogP contribution in [0.3, 0.4) is 0 Å². The van der Waals surface area contributed by atoms with Gasteiger partial charge in [0.2, 0.25) is 5.12 Å². The Morgan fingerprint density at radius 2 is 1.70 bits per heavy atom. The molecule has 0 bridgehead atoms. The van der Waals surface area contributed by atoms with Gasteiger partial charge in [0.1, 0.15) is 11.7 Å². The Morgan fingerprint density at radius 3 is 2.09 bits per heavy atom. The van der Waals surface area contributed by atoms with Crippen molar-refractivity contribution in [3.8, 4) is 5.75 Å². The molecule has 0 N–H and O–H groups in total. The van der Waals surface area contributed by atoms with Crippen molar-refractivity contribution in [2.45, 2.75) is 44.5 Å². The predicted octanol–water partition coefficient (Wildman–Crippen LogP) is 3.95. The number of benzene rings is 1. The van der Waals surface area contributed by atoms with Crippen LogP contribution in [0, 0.1) is 13.8 Å². The minimum Gasteiger partial charge on any atom is -0.484 e. The molecular formula is C16H17F3O3S. The highest BCUT2D eigenvalue weighted by Gasteiger charge is 2.49. The molecule has 0 spiro atoms. The van der Waals surface area contributed by atoms with Crippen molar-refractivity contribution in [2.24, 2.45) is 0 Å². The van der Waals surface area contributed by atoms with E-state index < -0.39 is 23.4 Å². The van der Waals surface area contributed by atoms with E-state index >= 15 is 0 Å². The van der Waals surface area contributed by atoms with Crippen LogP contribution in [0.4, 0.5) is 13.2 Å². The summed E-state index contributed by atoms with van der Waals surface area (Å²) in [6.07, 6.45) is -4.42. The predicted molar refractivity (Wildman–Crippen MR) is 81.9 cm³/mol. The van der Waals surface area contributed by atoms with E-state index in [1.807, 2.05) is 0 Å². The van der Waals surface area contributed by atoms with Crippen molar-refractivity contribution < 1.29 is 27.5 Å². The molecule has 1 saturated heterocycles. The Hall–Kier alpha value is -1.50. The number of alkyl halides is 3. The molecule has 23 heavy (non-hydrogen) atoms. The molecule has 1 heterocycles. The second-order valence-electron chi connectivity index (χ2n) is 6.10. The summed E-state index contributed by atoms with van der Waals surface area (Å²) in [4.78, 5) is 24.7. The first-order chi connectivity index (χ1) is 10.4. The second kappa shape index (κ2) is 5.85. The van der Waals surface area contributed by atoms with Gasteiger partial charge in [0, 0.05) is 0 Å². The zero-order valence-corrected chi connectivity index (χ0v) is 14.0. The molecule has 0 radical (unpaired) electrons. The van der Waals surface area contributed by atoms with Crippen LogP contribution in [0.25, 0.3) is 0 Å². The van der Waals surface area contributed by atoms with E-state index in [0.717, 1.165) is 11.8 Å². The Kier molecular flexibility index (Phi) is 4.54. The number of rotatable bonds is 3. The van der Waals surface area contributed by atoms with Gasteiger partial charge in [-0.3, -0.25) is 9.59 Å². The van der Waals surface area contributed by atoms with Gasteiger partial charge in [-0.05, 0) is 56.5 Å². The lowest BCUT2D eigenvalue weighted by Crippen LogP contribution is -2.26. The molecule has 1 fully saturated rings. The lowest BCUT2D eigenvalue weighted by Gasteiger charge is -2.18. The molecule has 1 unspecified atom stereocenters. The molecule has 1 aliphatic rings. The molecule has 0 amide bonds. The average Bonchev–Trinajstić information content (AvgIpc) is 2.57. The number of halogens is 3. The van der Waals surface area contributed by atoms with Crippen LogP contribution in [-0.2, 0) is 9.59 Å². The van der Waals surface area contributed by atoms with E-state index in [4.69, 9.17) is 4.74 Å². The number of aryl methyl sites for hydroxylation is 2. The molecule has 0 saturated carbocycles. The molecule has 1 aromatic carbocycles. The third-order valence-corrected chi connectivity index (χ3v) is 4.85. The van der Waals surface area contributed by atoms with E-state index in [9.17, 15) is 22.8 Å². The van der Waals surface area contributed by atoms with Gasteiger partial charge in [-0.2, -0.15) is 13.2 Å². The highest BCUT2D eigenvalue weighted by atomic mass is 32.2. The molecule has 1 aliphatic heterocycles. The molecule has 3 nitrogen and oxygen atoms in total. The molecule has 0 aliphatic carbocycles. The minimum atomic E-state index is -4.42. The summed E-state index contributed by atoms with van der Waals surface area (Å²) in [6, 6.07) is 2.87. The van der Waals surface area contributed by atoms with Crippen molar-refractivity contribution in [1.82, 2.24) is 0 Å². The minimum absolute atomic E-state index is 0.0749. The molecule has 126 valence electrons.